The molecule has 0 radical (unpaired) electrons. The number of aliphatic imine (C=N–C) groups is 1. The molecule has 1 aromatic rings. The van der Waals surface area contributed by atoms with Crippen molar-refractivity contribution < 1.29 is 9.53 Å². The molecule has 0 aromatic carbocycles. The summed E-state index contributed by atoms with van der Waals surface area (Å²) < 4.78 is 5.56. The lowest BCUT2D eigenvalue weighted by molar-refractivity contribution is 0.0104. The van der Waals surface area contributed by atoms with Gasteiger partial charge in [-0.05, 0) is 47.0 Å². The molecule has 1 atom stereocenters. The number of amides is 1. The highest BCUT2D eigenvalue weighted by Crippen LogP contribution is 2.20. The fourth-order valence-electron chi connectivity index (χ4n) is 3.04. The van der Waals surface area contributed by atoms with Crippen LogP contribution < -0.4 is 10.6 Å². The van der Waals surface area contributed by atoms with E-state index in [1.807, 2.05) is 32.6 Å². The average Bonchev–Trinajstić information content (AvgIpc) is 3.02. The van der Waals surface area contributed by atoms with Crippen molar-refractivity contribution in [1.82, 2.24) is 20.5 Å². The molecule has 1 unspecified atom stereocenters. The van der Waals surface area contributed by atoms with Crippen LogP contribution in [0.25, 0.3) is 0 Å². The number of nitrogens with one attached hydrogen (secondary N) is 2. The van der Waals surface area contributed by atoms with E-state index in [-0.39, 0.29) is 12.1 Å². The molecule has 1 amide bonds. The molecule has 2 N–H and O–H groups in total. The Morgan fingerprint density at radius 1 is 1.41 bits per heavy atom. The smallest absolute Gasteiger partial charge is 0.410 e. The van der Waals surface area contributed by atoms with Crippen LogP contribution in [-0.2, 0) is 11.2 Å². The maximum atomic E-state index is 12.5. The molecule has 8 heteroatoms. The molecule has 0 saturated carbocycles. The summed E-state index contributed by atoms with van der Waals surface area (Å²) in [7, 11) is 1.76. The maximum Gasteiger partial charge on any atom is 0.410 e. The zero-order valence-corrected chi connectivity index (χ0v) is 18.0. The molecule has 2 heterocycles. The summed E-state index contributed by atoms with van der Waals surface area (Å²) in [4.78, 5) is 23.1. The van der Waals surface area contributed by atoms with Crippen molar-refractivity contribution in [3.8, 4) is 0 Å². The predicted molar refractivity (Wildman–Crippen MR) is 110 cm³/mol. The molecular weight excluding hydrogens is 362 g/mol. The summed E-state index contributed by atoms with van der Waals surface area (Å²) in [5, 5.41) is 9.85. The summed E-state index contributed by atoms with van der Waals surface area (Å²) >= 11 is 1.67. The van der Waals surface area contributed by atoms with Gasteiger partial charge in [-0.25, -0.2) is 9.78 Å². The van der Waals surface area contributed by atoms with Gasteiger partial charge in [0.2, 0.25) is 0 Å². The van der Waals surface area contributed by atoms with Crippen molar-refractivity contribution in [3.05, 3.63) is 16.1 Å². The van der Waals surface area contributed by atoms with Gasteiger partial charge in [-0.2, -0.15) is 0 Å². The van der Waals surface area contributed by atoms with E-state index in [4.69, 9.17) is 4.74 Å². The van der Waals surface area contributed by atoms with Crippen LogP contribution in [0.15, 0.2) is 10.4 Å². The van der Waals surface area contributed by atoms with E-state index in [2.05, 4.69) is 26.0 Å². The Balaban J connectivity index is 1.81. The summed E-state index contributed by atoms with van der Waals surface area (Å²) in [6.45, 7) is 9.89. The van der Waals surface area contributed by atoms with Gasteiger partial charge < -0.3 is 20.3 Å². The number of rotatable bonds is 5. The second-order valence-electron chi connectivity index (χ2n) is 7.81. The number of carbonyl (C=O) groups is 1. The van der Waals surface area contributed by atoms with Crippen LogP contribution in [0.4, 0.5) is 4.79 Å². The van der Waals surface area contributed by atoms with Crippen molar-refractivity contribution in [1.29, 1.82) is 0 Å². The van der Waals surface area contributed by atoms with Crippen molar-refractivity contribution >= 4 is 23.4 Å². The quantitative estimate of drug-likeness (QED) is 0.592. The Morgan fingerprint density at radius 2 is 2.19 bits per heavy atom. The first kappa shape index (κ1) is 21.5. The lowest BCUT2D eigenvalue weighted by Crippen LogP contribution is -2.52. The van der Waals surface area contributed by atoms with Gasteiger partial charge in [0.1, 0.15) is 5.60 Å². The number of thiazole rings is 1. The standard InChI is InChI=1S/C19H33N5O2S/c1-14-23-15(13-27-14)9-10-21-17(20-5)22-12-16-8-6-7-11-24(16)18(25)26-19(2,3)4/h13,16H,6-12H2,1-5H3,(H2,20,21,22). The highest BCUT2D eigenvalue weighted by Gasteiger charge is 2.30. The van der Waals surface area contributed by atoms with Crippen molar-refractivity contribution in [3.63, 3.8) is 0 Å². The minimum atomic E-state index is -0.474. The summed E-state index contributed by atoms with van der Waals surface area (Å²) in [5.41, 5.74) is 0.627. The van der Waals surface area contributed by atoms with E-state index in [0.29, 0.717) is 6.54 Å². The van der Waals surface area contributed by atoms with Gasteiger partial charge in [0, 0.05) is 38.5 Å². The van der Waals surface area contributed by atoms with E-state index in [0.717, 1.165) is 55.4 Å². The van der Waals surface area contributed by atoms with Crippen LogP contribution in [0.1, 0.15) is 50.7 Å². The third-order valence-corrected chi connectivity index (χ3v) is 5.15. The lowest BCUT2D eigenvalue weighted by atomic mass is 10.0. The summed E-state index contributed by atoms with van der Waals surface area (Å²) in [5.74, 6) is 0.747. The van der Waals surface area contributed by atoms with Gasteiger partial charge in [-0.3, -0.25) is 4.99 Å². The molecule has 1 saturated heterocycles. The Hall–Kier alpha value is -1.83. The third kappa shape index (κ3) is 7.36. The fraction of sp³-hybridized carbons (Fsp3) is 0.737. The van der Waals surface area contributed by atoms with Crippen molar-refractivity contribution in [2.45, 2.75) is 65.0 Å². The van der Waals surface area contributed by atoms with E-state index in [9.17, 15) is 4.79 Å². The van der Waals surface area contributed by atoms with Crippen LogP contribution in [0, 0.1) is 6.92 Å². The van der Waals surface area contributed by atoms with Gasteiger partial charge in [-0.1, -0.05) is 0 Å². The Bertz CT molecular complexity index is 638. The first-order chi connectivity index (χ1) is 12.8. The van der Waals surface area contributed by atoms with Gasteiger partial charge in [0.05, 0.1) is 16.7 Å². The van der Waals surface area contributed by atoms with Crippen molar-refractivity contribution in [2.75, 3.05) is 26.7 Å². The monoisotopic (exact) mass is 395 g/mol. The molecular formula is C19H33N5O2S. The number of aromatic nitrogens is 1. The van der Waals surface area contributed by atoms with Gasteiger partial charge in [0.15, 0.2) is 5.96 Å². The van der Waals surface area contributed by atoms with E-state index in [1.54, 1.807) is 18.4 Å². The van der Waals surface area contributed by atoms with E-state index < -0.39 is 5.60 Å². The Kier molecular flexibility index (Phi) is 7.89. The van der Waals surface area contributed by atoms with Gasteiger partial charge in [0.25, 0.3) is 0 Å². The van der Waals surface area contributed by atoms with Crippen LogP contribution in [0.3, 0.4) is 0 Å². The molecule has 1 aliphatic heterocycles. The number of nitrogens with zero attached hydrogens (tertiary/aromatic N) is 3. The Morgan fingerprint density at radius 3 is 2.81 bits per heavy atom. The van der Waals surface area contributed by atoms with Crippen LogP contribution >= 0.6 is 11.3 Å². The lowest BCUT2D eigenvalue weighted by Gasteiger charge is -2.37. The summed E-state index contributed by atoms with van der Waals surface area (Å²) in [6.07, 6.45) is 3.76. The van der Waals surface area contributed by atoms with Crippen LogP contribution in [0.5, 0.6) is 0 Å². The van der Waals surface area contributed by atoms with Gasteiger partial charge >= 0.3 is 6.09 Å². The van der Waals surface area contributed by atoms with Crippen LogP contribution in [-0.4, -0.2) is 60.3 Å². The number of carbonyl (C=O) groups excluding carboxylic acids is 1. The molecule has 152 valence electrons. The number of likely N-dealkylation sites (tertiary alicyclic amines) is 1. The second kappa shape index (κ2) is 9.92. The molecule has 1 aliphatic rings. The topological polar surface area (TPSA) is 78.9 Å². The highest BCUT2D eigenvalue weighted by atomic mass is 32.1. The fourth-order valence-corrected chi connectivity index (χ4v) is 3.69. The zero-order valence-electron chi connectivity index (χ0n) is 17.2. The van der Waals surface area contributed by atoms with E-state index >= 15 is 0 Å². The average molecular weight is 396 g/mol. The maximum absolute atomic E-state index is 12.5. The summed E-state index contributed by atoms with van der Waals surface area (Å²) in [6, 6.07) is 0.119. The first-order valence-electron chi connectivity index (χ1n) is 9.63. The number of aryl methyl sites for hydroxylation is 1. The number of piperidine rings is 1. The molecule has 0 aliphatic carbocycles. The number of hydrogen-bond acceptors (Lipinski definition) is 5. The van der Waals surface area contributed by atoms with Crippen molar-refractivity contribution in [2.24, 2.45) is 4.99 Å². The second-order valence-corrected chi connectivity index (χ2v) is 8.87. The largest absolute Gasteiger partial charge is 0.444 e. The molecule has 7 nitrogen and oxygen atoms in total. The predicted octanol–water partition coefficient (Wildman–Crippen LogP) is 2.95. The number of ether oxygens (including phenoxy) is 1. The normalized spacial score (nSPS) is 18.3. The minimum Gasteiger partial charge on any atom is -0.444 e. The molecule has 1 fully saturated rings. The third-order valence-electron chi connectivity index (χ3n) is 4.32. The molecule has 1 aromatic heterocycles. The molecule has 2 rings (SSSR count). The highest BCUT2D eigenvalue weighted by molar-refractivity contribution is 7.09. The number of guanidine groups is 1. The first-order valence-corrected chi connectivity index (χ1v) is 10.5. The zero-order chi connectivity index (χ0) is 19.9. The Labute approximate surface area is 166 Å². The SMILES string of the molecule is CN=C(NCCc1csc(C)n1)NCC1CCCCN1C(=O)OC(C)(C)C. The molecule has 0 bridgehead atoms. The number of hydrogen-bond donors (Lipinski definition) is 2. The van der Waals surface area contributed by atoms with E-state index in [1.165, 1.54) is 0 Å². The minimum absolute atomic E-state index is 0.119. The van der Waals surface area contributed by atoms with Crippen LogP contribution in [0.2, 0.25) is 0 Å². The molecule has 27 heavy (non-hydrogen) atoms. The molecule has 0 spiro atoms. The van der Waals surface area contributed by atoms with Gasteiger partial charge in [-0.15, -0.1) is 11.3 Å².